The molecule has 0 radical (unpaired) electrons. The third-order valence-corrected chi connectivity index (χ3v) is 6.06. The van der Waals surface area contributed by atoms with Gasteiger partial charge in [0, 0.05) is 32.7 Å². The summed E-state index contributed by atoms with van der Waals surface area (Å²) in [5.74, 6) is 1.66. The van der Waals surface area contributed by atoms with Crippen LogP contribution in [0.5, 0.6) is 5.75 Å². The molecule has 2 aliphatic heterocycles. The van der Waals surface area contributed by atoms with Crippen molar-refractivity contribution in [2.24, 2.45) is 10.9 Å². The first kappa shape index (κ1) is 23.3. The average Bonchev–Trinajstić information content (AvgIpc) is 2.84. The van der Waals surface area contributed by atoms with Gasteiger partial charge in [-0.3, -0.25) is 14.7 Å². The van der Waals surface area contributed by atoms with Gasteiger partial charge in [-0.05, 0) is 37.5 Å². The van der Waals surface area contributed by atoms with Crippen molar-refractivity contribution in [2.45, 2.75) is 25.8 Å². The third kappa shape index (κ3) is 6.33. The molecule has 1 atom stereocenters. The maximum atomic E-state index is 11.9. The summed E-state index contributed by atoms with van der Waals surface area (Å²) in [6.45, 7) is 8.44. The lowest BCUT2D eigenvalue weighted by Crippen LogP contribution is -2.47. The van der Waals surface area contributed by atoms with Crippen LogP contribution in [0.4, 0.5) is 0 Å². The minimum Gasteiger partial charge on any atom is -0.497 e. The highest BCUT2D eigenvalue weighted by Crippen LogP contribution is 2.25. The van der Waals surface area contributed by atoms with Crippen molar-refractivity contribution < 1.29 is 19.0 Å². The Morgan fingerprint density at radius 1 is 1.16 bits per heavy atom. The molecular formula is C23H36N4O4. The van der Waals surface area contributed by atoms with E-state index in [-0.39, 0.29) is 17.9 Å². The number of aliphatic imine (C=N–C) groups is 1. The molecule has 1 N–H and O–H groups in total. The fourth-order valence-corrected chi connectivity index (χ4v) is 4.24. The van der Waals surface area contributed by atoms with Crippen molar-refractivity contribution in [3.63, 3.8) is 0 Å². The van der Waals surface area contributed by atoms with Gasteiger partial charge >= 0.3 is 5.97 Å². The molecule has 0 saturated carbocycles. The topological polar surface area (TPSA) is 75.6 Å². The largest absolute Gasteiger partial charge is 0.497 e. The molecule has 0 aromatic heterocycles. The van der Waals surface area contributed by atoms with Crippen LogP contribution in [0.25, 0.3) is 0 Å². The number of guanidine groups is 1. The molecule has 1 aromatic carbocycles. The van der Waals surface area contributed by atoms with Gasteiger partial charge in [0.15, 0.2) is 5.96 Å². The number of benzene rings is 1. The quantitative estimate of drug-likeness (QED) is 0.401. The number of nitrogens with one attached hydrogen (secondary N) is 1. The Balaban J connectivity index is 1.73. The van der Waals surface area contributed by atoms with Crippen LogP contribution in [0, 0.1) is 5.92 Å². The minimum atomic E-state index is -0.103. The van der Waals surface area contributed by atoms with Crippen LogP contribution < -0.4 is 10.1 Å². The molecule has 1 unspecified atom stereocenters. The number of hydrogen-bond acceptors (Lipinski definition) is 6. The number of rotatable bonds is 7. The highest BCUT2D eigenvalue weighted by Gasteiger charge is 2.28. The molecule has 3 rings (SSSR count). The van der Waals surface area contributed by atoms with E-state index in [0.717, 1.165) is 70.5 Å². The Hall–Kier alpha value is -2.32. The number of carbonyl (C=O) groups excluding carboxylic acids is 1. The fraction of sp³-hybridized carbons (Fsp3) is 0.652. The highest BCUT2D eigenvalue weighted by molar-refractivity contribution is 5.80. The molecule has 1 aromatic rings. The van der Waals surface area contributed by atoms with E-state index < -0.39 is 0 Å². The van der Waals surface area contributed by atoms with Gasteiger partial charge in [-0.2, -0.15) is 0 Å². The molecule has 2 aliphatic rings. The van der Waals surface area contributed by atoms with Crippen LogP contribution in [-0.4, -0.2) is 88.4 Å². The minimum absolute atomic E-state index is 0.00970. The van der Waals surface area contributed by atoms with Gasteiger partial charge in [0.25, 0.3) is 0 Å². The third-order valence-electron chi connectivity index (χ3n) is 6.06. The first-order chi connectivity index (χ1) is 15.2. The molecule has 0 amide bonds. The number of methoxy groups -OCH3 is 2. The van der Waals surface area contributed by atoms with Crippen LogP contribution in [0.2, 0.25) is 0 Å². The second-order valence-electron chi connectivity index (χ2n) is 7.92. The number of piperidine rings is 1. The molecule has 0 bridgehead atoms. The maximum Gasteiger partial charge on any atom is 0.308 e. The summed E-state index contributed by atoms with van der Waals surface area (Å²) in [6, 6.07) is 8.45. The number of likely N-dealkylation sites (tertiary alicyclic amines) is 1. The van der Waals surface area contributed by atoms with Crippen molar-refractivity contribution in [1.29, 1.82) is 0 Å². The van der Waals surface area contributed by atoms with E-state index in [0.29, 0.717) is 6.54 Å². The van der Waals surface area contributed by atoms with Crippen LogP contribution in [-0.2, 0) is 14.3 Å². The van der Waals surface area contributed by atoms with Crippen LogP contribution in [0.3, 0.4) is 0 Å². The van der Waals surface area contributed by atoms with Gasteiger partial charge in [-0.15, -0.1) is 0 Å². The van der Waals surface area contributed by atoms with Gasteiger partial charge in [-0.25, -0.2) is 0 Å². The van der Waals surface area contributed by atoms with Crippen LogP contribution >= 0.6 is 0 Å². The summed E-state index contributed by atoms with van der Waals surface area (Å²) in [5.41, 5.74) is 1.23. The van der Waals surface area contributed by atoms with E-state index >= 15 is 0 Å². The molecule has 2 saturated heterocycles. The zero-order valence-electron chi connectivity index (χ0n) is 19.0. The van der Waals surface area contributed by atoms with E-state index in [1.54, 1.807) is 7.11 Å². The lowest BCUT2D eigenvalue weighted by atomic mass is 9.97. The maximum absolute atomic E-state index is 11.9. The number of esters is 1. The van der Waals surface area contributed by atoms with Gasteiger partial charge in [0.05, 0.1) is 45.9 Å². The first-order valence-electron chi connectivity index (χ1n) is 11.2. The summed E-state index contributed by atoms with van der Waals surface area (Å²) in [4.78, 5) is 21.6. The Labute approximate surface area is 185 Å². The van der Waals surface area contributed by atoms with E-state index in [2.05, 4.69) is 34.2 Å². The monoisotopic (exact) mass is 432 g/mol. The molecule has 0 spiro atoms. The molecular weight excluding hydrogens is 396 g/mol. The Morgan fingerprint density at radius 3 is 2.42 bits per heavy atom. The number of hydrogen-bond donors (Lipinski definition) is 1. The Morgan fingerprint density at radius 2 is 1.84 bits per heavy atom. The smallest absolute Gasteiger partial charge is 0.308 e. The number of nitrogens with zero attached hydrogens (tertiary/aromatic N) is 3. The second kappa shape index (κ2) is 11.9. The highest BCUT2D eigenvalue weighted by atomic mass is 16.5. The summed E-state index contributed by atoms with van der Waals surface area (Å²) in [7, 11) is 3.15. The SMILES string of the molecule is CCNC(=NCC(c1ccc(OC)cc1)N1CCOCC1)N1CCC(C(=O)OC)CC1. The van der Waals surface area contributed by atoms with E-state index in [1.807, 2.05) is 12.1 Å². The first-order valence-corrected chi connectivity index (χ1v) is 11.2. The Bertz CT molecular complexity index is 711. The van der Waals surface area contributed by atoms with E-state index in [1.165, 1.54) is 12.7 Å². The summed E-state index contributed by atoms with van der Waals surface area (Å²) in [6.07, 6.45) is 1.59. The van der Waals surface area contributed by atoms with E-state index in [4.69, 9.17) is 19.2 Å². The van der Waals surface area contributed by atoms with Crippen LogP contribution in [0.15, 0.2) is 29.3 Å². The standard InChI is InChI=1S/C23H36N4O4/c1-4-24-23(27-11-9-19(10-12-27)22(28)30-3)25-17-21(26-13-15-31-16-14-26)18-5-7-20(29-2)8-6-18/h5-8,19,21H,4,9-17H2,1-3H3,(H,24,25). The predicted molar refractivity (Wildman–Crippen MR) is 120 cm³/mol. The number of morpholine rings is 1. The van der Waals surface area contributed by atoms with Crippen molar-refractivity contribution in [2.75, 3.05) is 66.7 Å². The van der Waals surface area contributed by atoms with Gasteiger partial charge < -0.3 is 24.4 Å². The summed E-state index contributed by atoms with van der Waals surface area (Å²) in [5, 5.41) is 3.43. The van der Waals surface area contributed by atoms with Crippen molar-refractivity contribution >= 4 is 11.9 Å². The fourth-order valence-electron chi connectivity index (χ4n) is 4.24. The Kier molecular flexibility index (Phi) is 8.97. The summed E-state index contributed by atoms with van der Waals surface area (Å²) < 4.78 is 15.8. The van der Waals surface area contributed by atoms with Gasteiger partial charge in [-0.1, -0.05) is 12.1 Å². The van der Waals surface area contributed by atoms with Crippen LogP contribution in [0.1, 0.15) is 31.4 Å². The van der Waals surface area contributed by atoms with Crippen molar-refractivity contribution in [3.05, 3.63) is 29.8 Å². The molecule has 8 heteroatoms. The van der Waals surface area contributed by atoms with E-state index in [9.17, 15) is 4.79 Å². The molecule has 31 heavy (non-hydrogen) atoms. The lowest BCUT2D eigenvalue weighted by Gasteiger charge is -2.35. The normalized spacial score (nSPS) is 19.7. The molecule has 2 heterocycles. The zero-order chi connectivity index (χ0) is 22.1. The zero-order valence-corrected chi connectivity index (χ0v) is 19.0. The average molecular weight is 433 g/mol. The molecule has 172 valence electrons. The number of ether oxygens (including phenoxy) is 3. The predicted octanol–water partition coefficient (Wildman–Crippen LogP) is 1.92. The molecule has 2 fully saturated rings. The second-order valence-corrected chi connectivity index (χ2v) is 7.92. The molecule has 0 aliphatic carbocycles. The van der Waals surface area contributed by atoms with Gasteiger partial charge in [0.2, 0.25) is 0 Å². The molecule has 8 nitrogen and oxygen atoms in total. The van der Waals surface area contributed by atoms with Crippen molar-refractivity contribution in [3.8, 4) is 5.75 Å². The van der Waals surface area contributed by atoms with Crippen molar-refractivity contribution in [1.82, 2.24) is 15.1 Å². The number of carbonyl (C=O) groups is 1. The van der Waals surface area contributed by atoms with Gasteiger partial charge in [0.1, 0.15) is 5.75 Å². The summed E-state index contributed by atoms with van der Waals surface area (Å²) >= 11 is 0. The lowest BCUT2D eigenvalue weighted by molar-refractivity contribution is -0.146.